The lowest BCUT2D eigenvalue weighted by atomic mass is 10.2. The summed E-state index contributed by atoms with van der Waals surface area (Å²) in [6.07, 6.45) is 0.570. The Kier molecular flexibility index (Phi) is 2.41. The van der Waals surface area contributed by atoms with E-state index in [2.05, 4.69) is 0 Å². The molecule has 0 aliphatic carbocycles. The lowest BCUT2D eigenvalue weighted by Gasteiger charge is -1.93. The van der Waals surface area contributed by atoms with Gasteiger partial charge in [0, 0.05) is 5.69 Å². The SMILES string of the molecule is Nc1ccc(CP=O)cc1. The van der Waals surface area contributed by atoms with E-state index in [0.29, 0.717) is 6.16 Å². The van der Waals surface area contributed by atoms with Gasteiger partial charge in [0.05, 0.1) is 6.16 Å². The predicted octanol–water partition coefficient (Wildman–Crippen LogP) is 2.06. The molecule has 3 heteroatoms. The minimum absolute atomic E-state index is 0.155. The zero-order valence-corrected chi connectivity index (χ0v) is 6.34. The Bertz CT molecular complexity index is 220. The monoisotopic (exact) mass is 153 g/mol. The molecular weight excluding hydrogens is 145 g/mol. The van der Waals surface area contributed by atoms with Crippen molar-refractivity contribution < 1.29 is 4.57 Å². The van der Waals surface area contributed by atoms with Crippen LogP contribution in [0.3, 0.4) is 0 Å². The van der Waals surface area contributed by atoms with Gasteiger partial charge in [0.25, 0.3) is 0 Å². The van der Waals surface area contributed by atoms with Gasteiger partial charge in [-0.2, -0.15) is 0 Å². The quantitative estimate of drug-likeness (QED) is 0.522. The van der Waals surface area contributed by atoms with Crippen LogP contribution in [0.2, 0.25) is 0 Å². The number of hydrogen-bond donors (Lipinski definition) is 1. The molecule has 0 atom stereocenters. The summed E-state index contributed by atoms with van der Waals surface area (Å²) in [6.45, 7) is 0. The molecule has 2 nitrogen and oxygen atoms in total. The molecular formula is C7H8NOP. The summed E-state index contributed by atoms with van der Waals surface area (Å²) in [5.74, 6) is 0. The molecule has 0 radical (unpaired) electrons. The van der Waals surface area contributed by atoms with Crippen LogP contribution in [0.4, 0.5) is 5.69 Å². The van der Waals surface area contributed by atoms with Gasteiger partial charge in [-0.3, -0.25) is 4.57 Å². The topological polar surface area (TPSA) is 43.1 Å². The van der Waals surface area contributed by atoms with Gasteiger partial charge >= 0.3 is 0 Å². The number of rotatable bonds is 2. The highest BCUT2D eigenvalue weighted by atomic mass is 31.1. The zero-order valence-electron chi connectivity index (χ0n) is 5.45. The van der Waals surface area contributed by atoms with Crippen molar-refractivity contribution in [3.05, 3.63) is 29.8 Å². The number of nitrogen functional groups attached to an aromatic ring is 1. The van der Waals surface area contributed by atoms with Gasteiger partial charge in [-0.1, -0.05) is 12.1 Å². The highest BCUT2D eigenvalue weighted by Gasteiger charge is 1.89. The summed E-state index contributed by atoms with van der Waals surface area (Å²) >= 11 is 0. The van der Waals surface area contributed by atoms with Gasteiger partial charge in [-0.25, -0.2) is 0 Å². The third-order valence-corrected chi connectivity index (χ3v) is 1.72. The molecule has 2 N–H and O–H groups in total. The van der Waals surface area contributed by atoms with Gasteiger partial charge in [-0.15, -0.1) is 0 Å². The van der Waals surface area contributed by atoms with E-state index < -0.39 is 0 Å². The van der Waals surface area contributed by atoms with Crippen LogP contribution in [-0.4, -0.2) is 0 Å². The van der Waals surface area contributed by atoms with Crippen LogP contribution in [-0.2, 0) is 10.7 Å². The second-order valence-electron chi connectivity index (χ2n) is 2.03. The first kappa shape index (κ1) is 7.23. The molecule has 0 unspecified atom stereocenters. The molecule has 0 bridgehead atoms. The maximum absolute atomic E-state index is 10.1. The van der Waals surface area contributed by atoms with E-state index in [1.807, 2.05) is 12.1 Å². The lowest BCUT2D eigenvalue weighted by Crippen LogP contribution is -1.83. The molecule has 10 heavy (non-hydrogen) atoms. The Morgan fingerprint density at radius 3 is 2.40 bits per heavy atom. The van der Waals surface area contributed by atoms with Gasteiger partial charge in [0.1, 0.15) is 0 Å². The maximum atomic E-state index is 10.1. The second kappa shape index (κ2) is 3.33. The van der Waals surface area contributed by atoms with E-state index in [-0.39, 0.29) is 8.46 Å². The van der Waals surface area contributed by atoms with Gasteiger partial charge in [-0.05, 0) is 17.7 Å². The molecule has 0 amide bonds. The molecule has 1 rings (SSSR count). The first-order valence-corrected chi connectivity index (χ1v) is 3.96. The van der Waals surface area contributed by atoms with Crippen LogP contribution in [0.15, 0.2) is 24.3 Å². The molecule has 0 aliphatic heterocycles. The fourth-order valence-corrected chi connectivity index (χ4v) is 1.06. The first-order valence-electron chi connectivity index (χ1n) is 2.96. The van der Waals surface area contributed by atoms with Crippen LogP contribution >= 0.6 is 8.46 Å². The fourth-order valence-electron chi connectivity index (χ4n) is 0.698. The number of hydrogen-bond acceptors (Lipinski definition) is 2. The lowest BCUT2D eigenvalue weighted by molar-refractivity contribution is 0.598. The van der Waals surface area contributed by atoms with Crippen LogP contribution in [0, 0.1) is 0 Å². The van der Waals surface area contributed by atoms with Crippen molar-refractivity contribution in [1.29, 1.82) is 0 Å². The summed E-state index contributed by atoms with van der Waals surface area (Å²) in [5, 5.41) is 0. The van der Waals surface area contributed by atoms with E-state index in [0.717, 1.165) is 11.3 Å². The summed E-state index contributed by atoms with van der Waals surface area (Å²) in [6, 6.07) is 7.36. The molecule has 1 aromatic carbocycles. The van der Waals surface area contributed by atoms with Crippen LogP contribution in [0.5, 0.6) is 0 Å². The van der Waals surface area contributed by atoms with Crippen molar-refractivity contribution in [1.82, 2.24) is 0 Å². The number of anilines is 1. The molecule has 52 valence electrons. The minimum atomic E-state index is 0.155. The summed E-state index contributed by atoms with van der Waals surface area (Å²) in [5.41, 5.74) is 7.23. The second-order valence-corrected chi connectivity index (χ2v) is 2.60. The Balaban J connectivity index is 2.78. The number of nitrogens with two attached hydrogens (primary N) is 1. The summed E-state index contributed by atoms with van der Waals surface area (Å²) in [7, 11) is 0.155. The van der Waals surface area contributed by atoms with E-state index in [9.17, 15) is 4.57 Å². The fraction of sp³-hybridized carbons (Fsp3) is 0.143. The molecule has 0 saturated heterocycles. The largest absolute Gasteiger partial charge is 0.399 e. The van der Waals surface area contributed by atoms with E-state index >= 15 is 0 Å². The normalized spacial score (nSPS) is 10.0. The molecule has 0 aliphatic rings. The first-order chi connectivity index (χ1) is 4.83. The highest BCUT2D eigenvalue weighted by molar-refractivity contribution is 7.22. The minimum Gasteiger partial charge on any atom is -0.399 e. The highest BCUT2D eigenvalue weighted by Crippen LogP contribution is 2.10. The van der Waals surface area contributed by atoms with Crippen molar-refractivity contribution >= 4 is 14.1 Å². The number of benzene rings is 1. The van der Waals surface area contributed by atoms with E-state index in [1.165, 1.54) is 0 Å². The Labute approximate surface area is 61.3 Å². The van der Waals surface area contributed by atoms with Crippen molar-refractivity contribution in [2.45, 2.75) is 6.16 Å². The molecule has 1 aromatic rings. The predicted molar refractivity (Wildman–Crippen MR) is 42.2 cm³/mol. The van der Waals surface area contributed by atoms with Crippen LogP contribution in [0.25, 0.3) is 0 Å². The van der Waals surface area contributed by atoms with Gasteiger partial charge in [0.2, 0.25) is 0 Å². The van der Waals surface area contributed by atoms with Crippen molar-refractivity contribution in [3.8, 4) is 0 Å². The van der Waals surface area contributed by atoms with Gasteiger partial charge in [0.15, 0.2) is 8.46 Å². The summed E-state index contributed by atoms with van der Waals surface area (Å²) in [4.78, 5) is 0. The van der Waals surface area contributed by atoms with E-state index in [1.54, 1.807) is 12.1 Å². The van der Waals surface area contributed by atoms with E-state index in [4.69, 9.17) is 5.73 Å². The van der Waals surface area contributed by atoms with Crippen LogP contribution < -0.4 is 5.73 Å². The Hall–Kier alpha value is -0.880. The van der Waals surface area contributed by atoms with Crippen molar-refractivity contribution in [2.24, 2.45) is 0 Å². The maximum Gasteiger partial charge on any atom is 0.160 e. The third kappa shape index (κ3) is 1.82. The van der Waals surface area contributed by atoms with Crippen molar-refractivity contribution in [3.63, 3.8) is 0 Å². The molecule has 0 spiro atoms. The average Bonchev–Trinajstić information content (AvgIpc) is 1.95. The average molecular weight is 153 g/mol. The standard InChI is InChI=1S/C7H8NOP/c8-7-3-1-6(2-4-7)5-10-9/h1-4H,5,8H2. The Morgan fingerprint density at radius 2 is 1.90 bits per heavy atom. The molecule has 0 aromatic heterocycles. The van der Waals surface area contributed by atoms with Gasteiger partial charge < -0.3 is 5.73 Å². The van der Waals surface area contributed by atoms with Crippen molar-refractivity contribution in [2.75, 3.05) is 5.73 Å². The Morgan fingerprint density at radius 1 is 1.30 bits per heavy atom. The zero-order chi connectivity index (χ0) is 7.40. The molecule has 0 saturated carbocycles. The molecule has 0 fully saturated rings. The smallest absolute Gasteiger partial charge is 0.160 e. The van der Waals surface area contributed by atoms with Crippen LogP contribution in [0.1, 0.15) is 5.56 Å². The third-order valence-electron chi connectivity index (χ3n) is 1.23. The molecule has 0 heterocycles. The summed E-state index contributed by atoms with van der Waals surface area (Å²) < 4.78 is 10.1.